The highest BCUT2D eigenvalue weighted by atomic mass is 35.5. The first-order chi connectivity index (χ1) is 10.2. The van der Waals surface area contributed by atoms with Crippen molar-refractivity contribution >= 4 is 24.0 Å². The first kappa shape index (κ1) is 18.7. The Bertz CT molecular complexity index is 473. The molecule has 1 fully saturated rings. The molecule has 1 aliphatic heterocycles. The summed E-state index contributed by atoms with van der Waals surface area (Å²) in [4.78, 5) is 14.2. The third kappa shape index (κ3) is 5.46. The van der Waals surface area contributed by atoms with Gasteiger partial charge in [0.15, 0.2) is 0 Å². The van der Waals surface area contributed by atoms with Crippen LogP contribution < -0.4 is 15.8 Å². The second-order valence-electron chi connectivity index (χ2n) is 4.94. The van der Waals surface area contributed by atoms with Crippen molar-refractivity contribution in [3.63, 3.8) is 0 Å². The molecule has 22 heavy (non-hydrogen) atoms. The fraction of sp³-hybridized carbons (Fsp3) is 0.533. The lowest BCUT2D eigenvalue weighted by Crippen LogP contribution is -2.48. The SMILES string of the molecule is CCOc1ccccc1NC(=O)CN1CCOC(CN)C1.Cl. The lowest BCUT2D eigenvalue weighted by atomic mass is 10.2. The summed E-state index contributed by atoms with van der Waals surface area (Å²) in [6.45, 7) is 5.35. The summed E-state index contributed by atoms with van der Waals surface area (Å²) in [6.07, 6.45) is 0.0160. The maximum absolute atomic E-state index is 12.2. The van der Waals surface area contributed by atoms with Crippen LogP contribution in [-0.2, 0) is 9.53 Å². The number of rotatable bonds is 6. The minimum atomic E-state index is -0.0557. The number of nitrogens with one attached hydrogen (secondary N) is 1. The van der Waals surface area contributed by atoms with Crippen LogP contribution in [0.2, 0.25) is 0 Å². The van der Waals surface area contributed by atoms with Crippen molar-refractivity contribution in [1.82, 2.24) is 4.90 Å². The van der Waals surface area contributed by atoms with E-state index in [1.54, 1.807) is 0 Å². The number of nitrogens with two attached hydrogens (primary N) is 1. The normalized spacial score (nSPS) is 18.4. The largest absolute Gasteiger partial charge is 0.492 e. The van der Waals surface area contributed by atoms with Crippen LogP contribution >= 0.6 is 12.4 Å². The molecule has 2 rings (SSSR count). The molecule has 1 amide bonds. The third-order valence-corrected chi connectivity index (χ3v) is 3.31. The van der Waals surface area contributed by atoms with Gasteiger partial charge in [0, 0.05) is 19.6 Å². The Labute approximate surface area is 137 Å². The predicted octanol–water partition coefficient (Wildman–Crippen LogP) is 1.11. The summed E-state index contributed by atoms with van der Waals surface area (Å²) in [5, 5.41) is 2.90. The van der Waals surface area contributed by atoms with Gasteiger partial charge in [0.05, 0.1) is 31.5 Å². The van der Waals surface area contributed by atoms with E-state index in [1.165, 1.54) is 0 Å². The van der Waals surface area contributed by atoms with E-state index >= 15 is 0 Å². The summed E-state index contributed by atoms with van der Waals surface area (Å²) >= 11 is 0. The first-order valence-corrected chi connectivity index (χ1v) is 7.28. The van der Waals surface area contributed by atoms with Crippen molar-refractivity contribution in [2.45, 2.75) is 13.0 Å². The van der Waals surface area contributed by atoms with E-state index in [1.807, 2.05) is 31.2 Å². The lowest BCUT2D eigenvalue weighted by molar-refractivity contribution is -0.119. The molecule has 1 aliphatic rings. The van der Waals surface area contributed by atoms with Gasteiger partial charge in [-0.25, -0.2) is 0 Å². The van der Waals surface area contributed by atoms with Crippen LogP contribution in [0.5, 0.6) is 5.75 Å². The molecule has 6 nitrogen and oxygen atoms in total. The fourth-order valence-electron chi connectivity index (χ4n) is 2.31. The van der Waals surface area contributed by atoms with E-state index in [0.717, 1.165) is 6.54 Å². The molecular weight excluding hydrogens is 306 g/mol. The molecular formula is C15H24ClN3O3. The minimum Gasteiger partial charge on any atom is -0.492 e. The number of hydrogen-bond donors (Lipinski definition) is 2. The number of halogens is 1. The number of anilines is 1. The lowest BCUT2D eigenvalue weighted by Gasteiger charge is -2.31. The van der Waals surface area contributed by atoms with E-state index in [0.29, 0.717) is 44.3 Å². The van der Waals surface area contributed by atoms with Gasteiger partial charge in [-0.1, -0.05) is 12.1 Å². The summed E-state index contributed by atoms with van der Waals surface area (Å²) < 4.78 is 11.0. The van der Waals surface area contributed by atoms with Gasteiger partial charge in [0.2, 0.25) is 5.91 Å². The Balaban J connectivity index is 0.00000242. The Morgan fingerprint density at radius 2 is 2.27 bits per heavy atom. The quantitative estimate of drug-likeness (QED) is 0.817. The number of amides is 1. The standard InChI is InChI=1S/C15H23N3O3.ClH/c1-2-20-14-6-4-3-5-13(14)17-15(19)11-18-7-8-21-12(9-16)10-18;/h3-6,12H,2,7-11,16H2,1H3,(H,17,19);1H. The van der Waals surface area contributed by atoms with Crippen molar-refractivity contribution in [2.75, 3.05) is 44.7 Å². The van der Waals surface area contributed by atoms with Gasteiger partial charge in [-0.05, 0) is 19.1 Å². The van der Waals surface area contributed by atoms with Gasteiger partial charge in [-0.3, -0.25) is 9.69 Å². The molecule has 1 aromatic carbocycles. The predicted molar refractivity (Wildman–Crippen MR) is 88.7 cm³/mol. The van der Waals surface area contributed by atoms with Crippen molar-refractivity contribution < 1.29 is 14.3 Å². The number of ether oxygens (including phenoxy) is 2. The molecule has 0 aliphatic carbocycles. The van der Waals surface area contributed by atoms with Crippen molar-refractivity contribution in [2.24, 2.45) is 5.73 Å². The second-order valence-corrected chi connectivity index (χ2v) is 4.94. The highest BCUT2D eigenvalue weighted by Crippen LogP contribution is 2.23. The molecule has 7 heteroatoms. The molecule has 1 heterocycles. The number of benzene rings is 1. The average Bonchev–Trinajstić information content (AvgIpc) is 2.49. The third-order valence-electron chi connectivity index (χ3n) is 3.31. The number of morpholine rings is 1. The van der Waals surface area contributed by atoms with Crippen LogP contribution in [0.4, 0.5) is 5.69 Å². The van der Waals surface area contributed by atoms with Crippen LogP contribution in [0.25, 0.3) is 0 Å². The van der Waals surface area contributed by atoms with Gasteiger partial charge in [-0.15, -0.1) is 12.4 Å². The second kappa shape index (κ2) is 9.63. The molecule has 124 valence electrons. The van der Waals surface area contributed by atoms with Crippen LogP contribution in [0.1, 0.15) is 6.92 Å². The maximum Gasteiger partial charge on any atom is 0.238 e. The number of hydrogen-bond acceptors (Lipinski definition) is 5. The van der Waals surface area contributed by atoms with Crippen molar-refractivity contribution in [3.8, 4) is 5.75 Å². The summed E-state index contributed by atoms with van der Waals surface area (Å²) in [5.41, 5.74) is 6.31. The highest BCUT2D eigenvalue weighted by molar-refractivity contribution is 5.93. The molecule has 3 N–H and O–H groups in total. The van der Waals surface area contributed by atoms with E-state index in [2.05, 4.69) is 10.2 Å². The molecule has 0 aromatic heterocycles. The molecule has 1 atom stereocenters. The van der Waals surface area contributed by atoms with Crippen LogP contribution in [0.15, 0.2) is 24.3 Å². The zero-order chi connectivity index (χ0) is 15.1. The molecule has 0 spiro atoms. The first-order valence-electron chi connectivity index (χ1n) is 7.28. The van der Waals surface area contributed by atoms with Crippen LogP contribution in [-0.4, -0.2) is 56.3 Å². The van der Waals surface area contributed by atoms with Gasteiger partial charge in [-0.2, -0.15) is 0 Å². The number of carbonyl (C=O) groups excluding carboxylic acids is 1. The van der Waals surface area contributed by atoms with E-state index in [-0.39, 0.29) is 24.4 Å². The summed E-state index contributed by atoms with van der Waals surface area (Å²) in [7, 11) is 0. The summed E-state index contributed by atoms with van der Waals surface area (Å²) in [5.74, 6) is 0.634. The van der Waals surface area contributed by atoms with E-state index in [9.17, 15) is 4.79 Å². The fourth-order valence-corrected chi connectivity index (χ4v) is 2.31. The van der Waals surface area contributed by atoms with Gasteiger partial charge in [0.25, 0.3) is 0 Å². The Morgan fingerprint density at radius 3 is 3.00 bits per heavy atom. The molecule has 0 bridgehead atoms. The van der Waals surface area contributed by atoms with Crippen LogP contribution in [0, 0.1) is 0 Å². The molecule has 0 radical (unpaired) electrons. The number of nitrogens with zero attached hydrogens (tertiary/aromatic N) is 1. The van der Waals surface area contributed by atoms with Gasteiger partial charge < -0.3 is 20.5 Å². The monoisotopic (exact) mass is 329 g/mol. The smallest absolute Gasteiger partial charge is 0.238 e. The number of carbonyl (C=O) groups is 1. The Morgan fingerprint density at radius 1 is 1.50 bits per heavy atom. The zero-order valence-corrected chi connectivity index (χ0v) is 13.6. The van der Waals surface area contributed by atoms with Crippen molar-refractivity contribution in [1.29, 1.82) is 0 Å². The highest BCUT2D eigenvalue weighted by Gasteiger charge is 2.21. The molecule has 1 unspecified atom stereocenters. The van der Waals surface area contributed by atoms with E-state index < -0.39 is 0 Å². The van der Waals surface area contributed by atoms with E-state index in [4.69, 9.17) is 15.2 Å². The minimum absolute atomic E-state index is 0. The number of para-hydroxylation sites is 2. The Hall–Kier alpha value is -1.34. The summed E-state index contributed by atoms with van der Waals surface area (Å²) in [6, 6.07) is 7.44. The molecule has 0 saturated carbocycles. The van der Waals surface area contributed by atoms with Crippen molar-refractivity contribution in [3.05, 3.63) is 24.3 Å². The molecule has 1 saturated heterocycles. The maximum atomic E-state index is 12.2. The van der Waals surface area contributed by atoms with Crippen LogP contribution in [0.3, 0.4) is 0 Å². The average molecular weight is 330 g/mol. The van der Waals surface area contributed by atoms with Gasteiger partial charge >= 0.3 is 0 Å². The Kier molecular flexibility index (Phi) is 8.19. The zero-order valence-electron chi connectivity index (χ0n) is 12.8. The van der Waals surface area contributed by atoms with Gasteiger partial charge in [0.1, 0.15) is 5.75 Å². The molecule has 1 aromatic rings. The topological polar surface area (TPSA) is 76.8 Å².